The minimum atomic E-state index is -0.151. The number of rotatable bonds is 8. The maximum Gasteiger partial charge on any atom is 0.283 e. The van der Waals surface area contributed by atoms with E-state index in [-0.39, 0.29) is 12.5 Å². The summed E-state index contributed by atoms with van der Waals surface area (Å²) in [6.45, 7) is 2.79. The van der Waals surface area contributed by atoms with E-state index in [2.05, 4.69) is 26.1 Å². The van der Waals surface area contributed by atoms with Gasteiger partial charge >= 0.3 is 0 Å². The van der Waals surface area contributed by atoms with E-state index in [1.54, 1.807) is 30.2 Å². The molecule has 0 aliphatic heterocycles. The van der Waals surface area contributed by atoms with Crippen LogP contribution in [0.2, 0.25) is 0 Å². The first-order valence-corrected chi connectivity index (χ1v) is 9.56. The van der Waals surface area contributed by atoms with E-state index in [0.717, 1.165) is 16.5 Å². The maximum atomic E-state index is 12.7. The summed E-state index contributed by atoms with van der Waals surface area (Å²) in [5.41, 5.74) is 0.805. The smallest absolute Gasteiger partial charge is 0.283 e. The average Bonchev–Trinajstić information content (AvgIpc) is 3.37. The second-order valence-electron chi connectivity index (χ2n) is 5.96. The van der Waals surface area contributed by atoms with Crippen molar-refractivity contribution >= 4 is 27.9 Å². The lowest BCUT2D eigenvalue weighted by molar-refractivity contribution is -0.126. The number of aromatic nitrogens is 2. The second-order valence-corrected chi connectivity index (χ2v) is 6.87. The molecule has 1 aromatic carbocycles. The molecule has 0 N–H and O–H groups in total. The fraction of sp³-hybridized carbons (Fsp3) is 0.250. The van der Waals surface area contributed by atoms with Gasteiger partial charge in [0.05, 0.1) is 19.9 Å². The van der Waals surface area contributed by atoms with Crippen LogP contribution in [-0.2, 0) is 11.3 Å². The van der Waals surface area contributed by atoms with E-state index in [1.807, 2.05) is 25.1 Å². The Kier molecular flexibility index (Phi) is 6.65. The number of methoxy groups -OCH3 is 1. The van der Waals surface area contributed by atoms with E-state index >= 15 is 0 Å². The molecule has 0 saturated heterocycles. The van der Waals surface area contributed by atoms with Gasteiger partial charge in [-0.25, -0.2) is 0 Å². The number of nitrogens with zero attached hydrogens (tertiary/aromatic N) is 3. The van der Waals surface area contributed by atoms with Gasteiger partial charge in [-0.1, -0.05) is 22.9 Å². The summed E-state index contributed by atoms with van der Waals surface area (Å²) >= 11 is 3.43. The lowest BCUT2D eigenvalue weighted by atomic mass is 10.2. The van der Waals surface area contributed by atoms with Crippen LogP contribution in [0.5, 0.6) is 5.75 Å². The molecule has 0 saturated carbocycles. The maximum absolute atomic E-state index is 12.7. The highest BCUT2D eigenvalue weighted by atomic mass is 79.9. The van der Waals surface area contributed by atoms with Crippen molar-refractivity contribution in [2.45, 2.75) is 19.9 Å². The van der Waals surface area contributed by atoms with Gasteiger partial charge in [-0.3, -0.25) is 4.79 Å². The Morgan fingerprint density at radius 2 is 2.18 bits per heavy atom. The second kappa shape index (κ2) is 9.36. The van der Waals surface area contributed by atoms with Crippen molar-refractivity contribution in [1.29, 1.82) is 0 Å². The number of hydrogen-bond acceptors (Lipinski definition) is 6. The molecule has 0 aliphatic rings. The number of halogens is 1. The Labute approximate surface area is 171 Å². The number of carbonyl (C=O) groups is 1. The molecule has 0 spiro atoms. The summed E-state index contributed by atoms with van der Waals surface area (Å²) in [5.74, 6) is 1.67. The summed E-state index contributed by atoms with van der Waals surface area (Å²) in [5, 5.41) is 7.98. The van der Waals surface area contributed by atoms with Crippen LogP contribution in [0.3, 0.4) is 0 Å². The van der Waals surface area contributed by atoms with Gasteiger partial charge in [-0.2, -0.15) is 0 Å². The van der Waals surface area contributed by atoms with E-state index < -0.39 is 0 Å². The number of carbonyl (C=O) groups excluding carboxylic acids is 1. The lowest BCUT2D eigenvalue weighted by Crippen LogP contribution is -2.29. The molecule has 3 aromatic rings. The highest BCUT2D eigenvalue weighted by Gasteiger charge is 2.17. The minimum Gasteiger partial charge on any atom is -0.496 e. The number of benzene rings is 1. The van der Waals surface area contributed by atoms with Crippen LogP contribution in [0.4, 0.5) is 0 Å². The fourth-order valence-corrected chi connectivity index (χ4v) is 3.00. The monoisotopic (exact) mass is 445 g/mol. The third-order valence-electron chi connectivity index (χ3n) is 3.93. The zero-order chi connectivity index (χ0) is 19.9. The van der Waals surface area contributed by atoms with E-state index in [0.29, 0.717) is 29.8 Å². The number of ether oxygens (including phenoxy) is 1. The van der Waals surface area contributed by atoms with Crippen molar-refractivity contribution in [3.8, 4) is 17.4 Å². The lowest BCUT2D eigenvalue weighted by Gasteiger charge is -2.18. The summed E-state index contributed by atoms with van der Waals surface area (Å²) in [4.78, 5) is 14.4. The van der Waals surface area contributed by atoms with Crippen LogP contribution in [0.15, 0.2) is 56.0 Å². The Hall–Kier alpha value is -2.87. The Morgan fingerprint density at radius 3 is 2.89 bits per heavy atom. The van der Waals surface area contributed by atoms with Crippen LogP contribution in [0.25, 0.3) is 17.7 Å². The molecule has 0 bridgehead atoms. The molecule has 1 amide bonds. The molecule has 2 aromatic heterocycles. The molecule has 0 atom stereocenters. The zero-order valence-corrected chi connectivity index (χ0v) is 17.2. The van der Waals surface area contributed by atoms with Crippen molar-refractivity contribution < 1.29 is 18.4 Å². The fourth-order valence-electron chi connectivity index (χ4n) is 2.62. The highest BCUT2D eigenvalue weighted by Crippen LogP contribution is 2.24. The average molecular weight is 446 g/mol. The predicted molar refractivity (Wildman–Crippen MR) is 107 cm³/mol. The van der Waals surface area contributed by atoms with Crippen LogP contribution >= 0.6 is 15.9 Å². The molecule has 8 heteroatoms. The van der Waals surface area contributed by atoms with E-state index in [4.69, 9.17) is 13.6 Å². The van der Waals surface area contributed by atoms with Gasteiger partial charge in [-0.05, 0) is 42.8 Å². The largest absolute Gasteiger partial charge is 0.496 e. The molecule has 0 radical (unpaired) electrons. The van der Waals surface area contributed by atoms with Gasteiger partial charge < -0.3 is 18.5 Å². The van der Waals surface area contributed by atoms with Gasteiger partial charge in [0, 0.05) is 22.7 Å². The number of amides is 1. The molecule has 3 rings (SSSR count). The Morgan fingerprint density at radius 1 is 1.32 bits per heavy atom. The van der Waals surface area contributed by atoms with Crippen molar-refractivity contribution in [3.05, 3.63) is 58.6 Å². The van der Waals surface area contributed by atoms with Gasteiger partial charge in [0.25, 0.3) is 5.89 Å². The van der Waals surface area contributed by atoms with E-state index in [1.165, 1.54) is 12.3 Å². The van der Waals surface area contributed by atoms with Gasteiger partial charge in [0.1, 0.15) is 5.75 Å². The molecule has 0 unspecified atom stereocenters. The first kappa shape index (κ1) is 19.9. The highest BCUT2D eigenvalue weighted by molar-refractivity contribution is 9.10. The molecule has 2 heterocycles. The predicted octanol–water partition coefficient (Wildman–Crippen LogP) is 4.55. The molecular formula is C20H20BrN3O4. The van der Waals surface area contributed by atoms with Crippen LogP contribution in [0, 0.1) is 0 Å². The molecular weight excluding hydrogens is 426 g/mol. The topological polar surface area (TPSA) is 81.6 Å². The van der Waals surface area contributed by atoms with Gasteiger partial charge in [-0.15, -0.1) is 10.2 Å². The number of furan rings is 1. The van der Waals surface area contributed by atoms with Gasteiger partial charge in [0.15, 0.2) is 5.76 Å². The normalized spacial score (nSPS) is 11.1. The third kappa shape index (κ3) is 4.89. The SMILES string of the molecule is CCCN(Cc1nnc(-c2ccco2)o1)C(=O)C=Cc1cc(Br)ccc1OC. The summed E-state index contributed by atoms with van der Waals surface area (Å²) in [6, 6.07) is 9.09. The third-order valence-corrected chi connectivity index (χ3v) is 4.42. The summed E-state index contributed by atoms with van der Waals surface area (Å²) < 4.78 is 17.1. The zero-order valence-electron chi connectivity index (χ0n) is 15.6. The quantitative estimate of drug-likeness (QED) is 0.472. The molecule has 28 heavy (non-hydrogen) atoms. The molecule has 0 aliphatic carbocycles. The Balaban J connectivity index is 1.73. The van der Waals surface area contributed by atoms with Crippen molar-refractivity contribution in [3.63, 3.8) is 0 Å². The standard InChI is InChI=1S/C20H20BrN3O4/c1-3-10-24(13-18-22-23-20(28-18)17-5-4-11-27-17)19(25)9-6-14-12-15(21)7-8-16(14)26-2/h4-9,11-12H,3,10,13H2,1-2H3. The van der Waals surface area contributed by atoms with Crippen LogP contribution in [0.1, 0.15) is 24.8 Å². The molecule has 7 nitrogen and oxygen atoms in total. The Bertz CT molecular complexity index is 950. The first-order valence-electron chi connectivity index (χ1n) is 8.77. The first-order chi connectivity index (χ1) is 13.6. The van der Waals surface area contributed by atoms with Crippen LogP contribution < -0.4 is 4.74 Å². The van der Waals surface area contributed by atoms with Crippen molar-refractivity contribution in [2.75, 3.05) is 13.7 Å². The molecule has 0 fully saturated rings. The van der Waals surface area contributed by atoms with E-state index in [9.17, 15) is 4.79 Å². The van der Waals surface area contributed by atoms with Crippen molar-refractivity contribution in [1.82, 2.24) is 15.1 Å². The minimum absolute atomic E-state index is 0.151. The summed E-state index contributed by atoms with van der Waals surface area (Å²) in [6.07, 6.45) is 5.59. The summed E-state index contributed by atoms with van der Waals surface area (Å²) in [7, 11) is 1.60. The number of hydrogen-bond donors (Lipinski definition) is 0. The van der Waals surface area contributed by atoms with Gasteiger partial charge in [0.2, 0.25) is 11.8 Å². The van der Waals surface area contributed by atoms with Crippen LogP contribution in [-0.4, -0.2) is 34.7 Å². The van der Waals surface area contributed by atoms with Crippen molar-refractivity contribution in [2.24, 2.45) is 0 Å². The molecule has 146 valence electrons.